The van der Waals surface area contributed by atoms with Gasteiger partial charge in [-0.3, -0.25) is 0 Å². The van der Waals surface area contributed by atoms with Crippen LogP contribution < -0.4 is 0 Å². The molecule has 0 bridgehead atoms. The van der Waals surface area contributed by atoms with Crippen molar-refractivity contribution in [2.75, 3.05) is 0 Å². The van der Waals surface area contributed by atoms with Gasteiger partial charge >= 0.3 is 0 Å². The van der Waals surface area contributed by atoms with Crippen molar-refractivity contribution in [1.82, 2.24) is 0 Å². The minimum absolute atomic E-state index is 0.542. The number of aryl methyl sites for hydroxylation is 1. The molecular formula is C32H24O2. The first-order valence-electron chi connectivity index (χ1n) is 11.4. The van der Waals surface area contributed by atoms with Crippen LogP contribution in [0.5, 0.6) is 0 Å². The van der Waals surface area contributed by atoms with E-state index in [1.165, 1.54) is 0 Å². The summed E-state index contributed by atoms with van der Waals surface area (Å²) in [7, 11) is 0. The van der Waals surface area contributed by atoms with Crippen LogP contribution in [0.1, 0.15) is 45.9 Å². The molecule has 1 aliphatic carbocycles. The topological polar surface area (TPSA) is 40.5 Å². The Bertz CT molecular complexity index is 1470. The first kappa shape index (κ1) is 21.7. The zero-order valence-electron chi connectivity index (χ0n) is 18.9. The Morgan fingerprint density at radius 2 is 1.00 bits per heavy atom. The van der Waals surface area contributed by atoms with Crippen LogP contribution in [0.3, 0.4) is 0 Å². The summed E-state index contributed by atoms with van der Waals surface area (Å²) >= 11 is 0. The predicted molar refractivity (Wildman–Crippen MR) is 135 cm³/mol. The van der Waals surface area contributed by atoms with Gasteiger partial charge in [-0.05, 0) is 36.2 Å². The van der Waals surface area contributed by atoms with Crippen LogP contribution >= 0.6 is 0 Å². The Kier molecular flexibility index (Phi) is 5.56. The third kappa shape index (κ3) is 3.70. The van der Waals surface area contributed by atoms with Crippen molar-refractivity contribution in [3.63, 3.8) is 0 Å². The predicted octanol–water partition coefficient (Wildman–Crippen LogP) is 5.14. The molecule has 34 heavy (non-hydrogen) atoms. The summed E-state index contributed by atoms with van der Waals surface area (Å²) < 4.78 is 0. The maximum Gasteiger partial charge on any atom is 0.178 e. The average Bonchev–Trinajstić information content (AvgIpc) is 2.91. The maximum atomic E-state index is 12.1. The first-order chi connectivity index (χ1) is 16.5. The van der Waals surface area contributed by atoms with Gasteiger partial charge in [0.15, 0.2) is 11.2 Å². The SMILES string of the molecule is CCc1ccc2c(c1)C(O)(C#Cc1ccccc1)c1ccccc1C2(O)C#Cc1ccccc1. The van der Waals surface area contributed by atoms with E-state index in [1.807, 2.05) is 103 Å². The molecule has 4 aromatic rings. The highest BCUT2D eigenvalue weighted by Gasteiger charge is 2.48. The van der Waals surface area contributed by atoms with Crippen molar-refractivity contribution < 1.29 is 10.2 Å². The summed E-state index contributed by atoms with van der Waals surface area (Å²) in [5, 5.41) is 24.2. The molecule has 0 radical (unpaired) electrons. The highest BCUT2D eigenvalue weighted by atomic mass is 16.3. The Hall–Kier alpha value is -4.08. The lowest BCUT2D eigenvalue weighted by Crippen LogP contribution is -2.41. The van der Waals surface area contributed by atoms with Crippen molar-refractivity contribution in [3.8, 4) is 23.7 Å². The summed E-state index contributed by atoms with van der Waals surface area (Å²) in [6, 6.07) is 32.3. The van der Waals surface area contributed by atoms with Crippen LogP contribution in [0, 0.1) is 23.7 Å². The Balaban J connectivity index is 1.77. The molecule has 2 heteroatoms. The Labute approximate surface area is 200 Å². The van der Waals surface area contributed by atoms with E-state index in [4.69, 9.17) is 0 Å². The highest BCUT2D eigenvalue weighted by molar-refractivity contribution is 5.65. The lowest BCUT2D eigenvalue weighted by molar-refractivity contribution is 0.0943. The van der Waals surface area contributed by atoms with Gasteiger partial charge in [-0.2, -0.15) is 0 Å². The lowest BCUT2D eigenvalue weighted by atomic mass is 9.67. The first-order valence-corrected chi connectivity index (χ1v) is 11.4. The number of aliphatic hydroxyl groups is 2. The maximum absolute atomic E-state index is 12.1. The molecule has 2 nitrogen and oxygen atoms in total. The molecule has 0 aromatic heterocycles. The number of rotatable bonds is 1. The zero-order valence-corrected chi connectivity index (χ0v) is 18.9. The molecule has 164 valence electrons. The van der Waals surface area contributed by atoms with Crippen LogP contribution in [0.2, 0.25) is 0 Å². The highest BCUT2D eigenvalue weighted by Crippen LogP contribution is 2.47. The third-order valence-electron chi connectivity index (χ3n) is 6.30. The molecular weight excluding hydrogens is 416 g/mol. The van der Waals surface area contributed by atoms with E-state index in [-0.39, 0.29) is 0 Å². The molecule has 2 unspecified atom stereocenters. The summed E-state index contributed by atoms with van der Waals surface area (Å²) in [4.78, 5) is 0. The molecule has 0 aliphatic heterocycles. The number of fused-ring (bicyclic) bond motifs is 2. The van der Waals surface area contributed by atoms with E-state index < -0.39 is 11.2 Å². The fourth-order valence-corrected chi connectivity index (χ4v) is 4.47. The Morgan fingerprint density at radius 1 is 0.559 bits per heavy atom. The smallest absolute Gasteiger partial charge is 0.178 e. The van der Waals surface area contributed by atoms with Crippen molar-refractivity contribution >= 4 is 0 Å². The molecule has 0 heterocycles. The van der Waals surface area contributed by atoms with E-state index in [1.54, 1.807) is 0 Å². The Morgan fingerprint density at radius 3 is 1.50 bits per heavy atom. The number of hydrogen-bond donors (Lipinski definition) is 2. The number of benzene rings is 4. The monoisotopic (exact) mass is 440 g/mol. The fraction of sp³-hybridized carbons (Fsp3) is 0.125. The minimum Gasteiger partial charge on any atom is -0.369 e. The van der Waals surface area contributed by atoms with Gasteiger partial charge in [0, 0.05) is 33.4 Å². The number of hydrogen-bond acceptors (Lipinski definition) is 2. The second kappa shape index (κ2) is 8.69. The summed E-state index contributed by atoms with van der Waals surface area (Å²) in [5.74, 6) is 12.5. The lowest BCUT2D eigenvalue weighted by Gasteiger charge is -2.40. The van der Waals surface area contributed by atoms with Gasteiger partial charge in [-0.1, -0.05) is 109 Å². The fourth-order valence-electron chi connectivity index (χ4n) is 4.47. The van der Waals surface area contributed by atoms with Gasteiger partial charge in [-0.25, -0.2) is 0 Å². The molecule has 2 N–H and O–H groups in total. The molecule has 2 atom stereocenters. The van der Waals surface area contributed by atoms with Gasteiger partial charge in [0.2, 0.25) is 0 Å². The van der Waals surface area contributed by atoms with Gasteiger partial charge in [0.1, 0.15) is 0 Å². The quantitative estimate of drug-likeness (QED) is 0.403. The largest absolute Gasteiger partial charge is 0.369 e. The van der Waals surface area contributed by atoms with Crippen LogP contribution in [0.15, 0.2) is 103 Å². The normalized spacial score (nSPS) is 20.1. The van der Waals surface area contributed by atoms with Gasteiger partial charge in [-0.15, -0.1) is 0 Å². The van der Waals surface area contributed by atoms with E-state index in [2.05, 4.69) is 30.6 Å². The molecule has 0 amide bonds. The van der Waals surface area contributed by atoms with Crippen molar-refractivity contribution in [1.29, 1.82) is 0 Å². The van der Waals surface area contributed by atoms with E-state index in [0.717, 1.165) is 23.1 Å². The third-order valence-corrected chi connectivity index (χ3v) is 6.30. The zero-order chi connectivity index (χ0) is 23.6. The van der Waals surface area contributed by atoms with Crippen molar-refractivity contribution in [2.45, 2.75) is 24.5 Å². The molecule has 0 spiro atoms. The molecule has 4 aromatic carbocycles. The molecule has 1 aliphatic rings. The standard InChI is InChI=1S/C32H24O2/c1-2-24-17-18-29-30(23-24)32(34,22-20-26-13-7-4-8-14-26)28-16-10-9-15-27(28)31(29,33)21-19-25-11-5-3-6-12-25/h3-18,23,33-34H,2H2,1H3. The van der Waals surface area contributed by atoms with Gasteiger partial charge in [0.25, 0.3) is 0 Å². The molecule has 5 rings (SSSR count). The second-order valence-electron chi connectivity index (χ2n) is 8.43. The summed E-state index contributed by atoms with van der Waals surface area (Å²) in [6.07, 6.45) is 0.797. The molecule has 0 fully saturated rings. The summed E-state index contributed by atoms with van der Waals surface area (Å²) in [6.45, 7) is 2.06. The van der Waals surface area contributed by atoms with Gasteiger partial charge in [0.05, 0.1) is 0 Å². The minimum atomic E-state index is -1.59. The van der Waals surface area contributed by atoms with Crippen LogP contribution in [-0.4, -0.2) is 10.2 Å². The van der Waals surface area contributed by atoms with Gasteiger partial charge < -0.3 is 10.2 Å². The van der Waals surface area contributed by atoms with Crippen molar-refractivity contribution in [3.05, 3.63) is 142 Å². The molecule has 0 saturated heterocycles. The average molecular weight is 441 g/mol. The molecule has 0 saturated carbocycles. The van der Waals surface area contributed by atoms with Crippen LogP contribution in [0.25, 0.3) is 0 Å². The van der Waals surface area contributed by atoms with E-state index >= 15 is 0 Å². The van der Waals surface area contributed by atoms with E-state index in [9.17, 15) is 10.2 Å². The van der Waals surface area contributed by atoms with E-state index in [0.29, 0.717) is 22.3 Å². The summed E-state index contributed by atoms with van der Waals surface area (Å²) in [5.41, 5.74) is 1.70. The second-order valence-corrected chi connectivity index (χ2v) is 8.43. The van der Waals surface area contributed by atoms with Crippen LogP contribution in [0.4, 0.5) is 0 Å². The van der Waals surface area contributed by atoms with Crippen LogP contribution in [-0.2, 0) is 17.6 Å². The van der Waals surface area contributed by atoms with Crippen molar-refractivity contribution in [2.24, 2.45) is 0 Å².